The molecule has 2 aromatic carbocycles. The highest BCUT2D eigenvalue weighted by Crippen LogP contribution is 2.20. The Morgan fingerprint density at radius 3 is 2.32 bits per heavy atom. The minimum absolute atomic E-state index is 0.0612. The molecule has 0 unspecified atom stereocenters. The van der Waals surface area contributed by atoms with Crippen molar-refractivity contribution in [3.05, 3.63) is 65.2 Å². The number of hydrogen-bond acceptors (Lipinski definition) is 5. The Hall–Kier alpha value is -1.89. The van der Waals surface area contributed by atoms with Crippen LogP contribution in [-0.2, 0) is 30.3 Å². The molecule has 0 bridgehead atoms. The third-order valence-electron chi connectivity index (χ3n) is 3.58. The van der Waals surface area contributed by atoms with Crippen LogP contribution in [0.5, 0.6) is 0 Å². The lowest BCUT2D eigenvalue weighted by molar-refractivity contribution is -0.149. The predicted octanol–water partition coefficient (Wildman–Crippen LogP) is 3.61. The van der Waals surface area contributed by atoms with E-state index in [-0.39, 0.29) is 11.3 Å². The summed E-state index contributed by atoms with van der Waals surface area (Å²) in [7, 11) is -2.89. The zero-order chi connectivity index (χ0) is 18.3. The third-order valence-corrected chi connectivity index (χ3v) is 5.17. The van der Waals surface area contributed by atoms with Crippen LogP contribution in [0.2, 0.25) is 5.02 Å². The number of halogens is 1. The van der Waals surface area contributed by atoms with Crippen LogP contribution in [-0.4, -0.2) is 27.6 Å². The molecule has 0 amide bonds. The van der Waals surface area contributed by atoms with Gasteiger partial charge in [0.25, 0.3) is 10.1 Å². The monoisotopic (exact) mass is 382 g/mol. The Kier molecular flexibility index (Phi) is 6.99. The van der Waals surface area contributed by atoms with Crippen LogP contribution in [0.4, 0.5) is 0 Å². The van der Waals surface area contributed by atoms with Crippen LogP contribution in [0.3, 0.4) is 0 Å². The Morgan fingerprint density at radius 1 is 1.08 bits per heavy atom. The molecule has 0 aliphatic rings. The van der Waals surface area contributed by atoms with E-state index in [0.717, 1.165) is 5.56 Å². The zero-order valence-electron chi connectivity index (χ0n) is 13.7. The number of aryl methyl sites for hydroxylation is 1. The molecule has 1 atom stereocenters. The zero-order valence-corrected chi connectivity index (χ0v) is 15.3. The lowest BCUT2D eigenvalue weighted by Crippen LogP contribution is -2.28. The summed E-state index contributed by atoms with van der Waals surface area (Å²) in [5.74, 6) is -0.717. The molecule has 0 spiro atoms. The molecule has 0 radical (unpaired) electrons. The Labute approximate surface area is 152 Å². The average molecular weight is 383 g/mol. The van der Waals surface area contributed by atoms with Gasteiger partial charge >= 0.3 is 5.97 Å². The molecular formula is C18H19ClO5S. The van der Waals surface area contributed by atoms with Gasteiger partial charge in [-0.2, -0.15) is 8.42 Å². The lowest BCUT2D eigenvalue weighted by atomic mass is 10.1. The number of ether oxygens (including phenoxy) is 1. The highest BCUT2D eigenvalue weighted by Gasteiger charge is 2.28. The van der Waals surface area contributed by atoms with Crippen molar-refractivity contribution in [2.24, 2.45) is 0 Å². The van der Waals surface area contributed by atoms with Gasteiger partial charge in [0, 0.05) is 5.02 Å². The van der Waals surface area contributed by atoms with Crippen molar-refractivity contribution in [2.45, 2.75) is 30.3 Å². The summed E-state index contributed by atoms with van der Waals surface area (Å²) in [6, 6.07) is 15.3. The summed E-state index contributed by atoms with van der Waals surface area (Å²) in [5.41, 5.74) is 1.10. The molecular weight excluding hydrogens is 364 g/mol. The molecule has 0 N–H and O–H groups in total. The fourth-order valence-corrected chi connectivity index (χ4v) is 3.47. The van der Waals surface area contributed by atoms with Crippen molar-refractivity contribution in [1.29, 1.82) is 0 Å². The largest absolute Gasteiger partial charge is 0.467 e. The topological polar surface area (TPSA) is 69.7 Å². The van der Waals surface area contributed by atoms with E-state index in [9.17, 15) is 13.2 Å². The number of benzene rings is 2. The second-order valence-corrected chi connectivity index (χ2v) is 7.40. The number of rotatable bonds is 8. The highest BCUT2D eigenvalue weighted by molar-refractivity contribution is 7.86. The quantitative estimate of drug-likeness (QED) is 0.515. The maximum atomic E-state index is 12.3. The summed E-state index contributed by atoms with van der Waals surface area (Å²) >= 11 is 5.76. The van der Waals surface area contributed by atoms with Crippen molar-refractivity contribution in [3.63, 3.8) is 0 Å². The first-order valence-electron chi connectivity index (χ1n) is 7.73. The summed E-state index contributed by atoms with van der Waals surface area (Å²) in [6.45, 7) is 0. The van der Waals surface area contributed by atoms with Gasteiger partial charge in [0.05, 0.1) is 12.0 Å². The van der Waals surface area contributed by atoms with E-state index in [1.54, 1.807) is 0 Å². The van der Waals surface area contributed by atoms with Crippen molar-refractivity contribution in [3.8, 4) is 0 Å². The van der Waals surface area contributed by atoms with Gasteiger partial charge in [-0.15, -0.1) is 0 Å². The smallest absolute Gasteiger partial charge is 0.336 e. The van der Waals surface area contributed by atoms with E-state index in [1.165, 1.54) is 31.4 Å². The molecule has 0 saturated carbocycles. The summed E-state index contributed by atoms with van der Waals surface area (Å²) in [6.07, 6.45) is 0.335. The van der Waals surface area contributed by atoms with Crippen LogP contribution in [0.25, 0.3) is 0 Å². The van der Waals surface area contributed by atoms with Crippen LogP contribution < -0.4 is 0 Å². The Bertz CT molecular complexity index is 788. The van der Waals surface area contributed by atoms with E-state index in [0.29, 0.717) is 17.9 Å². The van der Waals surface area contributed by atoms with Crippen LogP contribution in [0.15, 0.2) is 59.5 Å². The van der Waals surface area contributed by atoms with Gasteiger partial charge in [0.2, 0.25) is 0 Å². The molecule has 134 valence electrons. The van der Waals surface area contributed by atoms with Crippen molar-refractivity contribution in [2.75, 3.05) is 7.11 Å². The fraction of sp³-hybridized carbons (Fsp3) is 0.278. The van der Waals surface area contributed by atoms with Crippen LogP contribution in [0, 0.1) is 0 Å². The van der Waals surface area contributed by atoms with Crippen molar-refractivity contribution >= 4 is 27.7 Å². The lowest BCUT2D eigenvalue weighted by Gasteiger charge is -2.15. The number of hydrogen-bond donors (Lipinski definition) is 0. The summed E-state index contributed by atoms with van der Waals surface area (Å²) in [4.78, 5) is 11.8. The number of esters is 1. The van der Waals surface area contributed by atoms with E-state index in [1.807, 2.05) is 30.3 Å². The van der Waals surface area contributed by atoms with Gasteiger partial charge in [-0.3, -0.25) is 4.18 Å². The van der Waals surface area contributed by atoms with E-state index < -0.39 is 22.2 Å². The molecule has 0 aliphatic carbocycles. The van der Waals surface area contributed by atoms with E-state index in [4.69, 9.17) is 15.8 Å². The molecule has 0 saturated heterocycles. The molecule has 25 heavy (non-hydrogen) atoms. The maximum Gasteiger partial charge on any atom is 0.336 e. The fourth-order valence-electron chi connectivity index (χ4n) is 2.28. The molecule has 0 fully saturated rings. The SMILES string of the molecule is COC(=O)[C@@H](CCCc1ccccc1)OS(=O)(=O)c1ccc(Cl)cc1. The van der Waals surface area contributed by atoms with Gasteiger partial charge in [0.1, 0.15) is 0 Å². The van der Waals surface area contributed by atoms with Crippen molar-refractivity contribution < 1.29 is 22.1 Å². The Balaban J connectivity index is 2.04. The van der Waals surface area contributed by atoms with Gasteiger partial charge in [-0.05, 0) is 49.1 Å². The minimum Gasteiger partial charge on any atom is -0.467 e. The second kappa shape index (κ2) is 8.99. The first kappa shape index (κ1) is 19.4. The van der Waals surface area contributed by atoms with Gasteiger partial charge in [0.15, 0.2) is 6.10 Å². The molecule has 0 aromatic heterocycles. The molecule has 0 aliphatic heterocycles. The number of carbonyl (C=O) groups excluding carboxylic acids is 1. The Morgan fingerprint density at radius 2 is 1.72 bits per heavy atom. The summed E-state index contributed by atoms with van der Waals surface area (Å²) < 4.78 is 34.4. The maximum absolute atomic E-state index is 12.3. The molecule has 2 rings (SSSR count). The normalized spacial score (nSPS) is 12.6. The number of methoxy groups -OCH3 is 1. The van der Waals surface area contributed by atoms with Gasteiger partial charge in [-0.25, -0.2) is 4.79 Å². The van der Waals surface area contributed by atoms with Crippen LogP contribution in [0.1, 0.15) is 18.4 Å². The van der Waals surface area contributed by atoms with E-state index in [2.05, 4.69) is 4.74 Å². The van der Waals surface area contributed by atoms with E-state index >= 15 is 0 Å². The highest BCUT2D eigenvalue weighted by atomic mass is 35.5. The van der Waals surface area contributed by atoms with Gasteiger partial charge < -0.3 is 4.74 Å². The molecule has 7 heteroatoms. The third kappa shape index (κ3) is 5.85. The molecule has 5 nitrogen and oxygen atoms in total. The average Bonchev–Trinajstić information content (AvgIpc) is 2.61. The standard InChI is InChI=1S/C18H19ClO5S/c1-23-18(20)17(9-5-8-14-6-3-2-4-7-14)24-25(21,22)16-12-10-15(19)11-13-16/h2-4,6-7,10-13,17H,5,8-9H2,1H3/t17-/m1/s1. The second-order valence-electron chi connectivity index (χ2n) is 5.39. The first-order valence-corrected chi connectivity index (χ1v) is 9.51. The minimum atomic E-state index is -4.09. The first-order chi connectivity index (χ1) is 11.9. The van der Waals surface area contributed by atoms with Gasteiger partial charge in [-0.1, -0.05) is 41.9 Å². The molecule has 2 aromatic rings. The predicted molar refractivity (Wildman–Crippen MR) is 94.9 cm³/mol. The number of carbonyl (C=O) groups is 1. The molecule has 0 heterocycles. The summed E-state index contributed by atoms with van der Waals surface area (Å²) in [5, 5.41) is 0.409. The van der Waals surface area contributed by atoms with Crippen LogP contribution >= 0.6 is 11.6 Å². The van der Waals surface area contributed by atoms with Crippen molar-refractivity contribution in [1.82, 2.24) is 0 Å².